The van der Waals surface area contributed by atoms with Gasteiger partial charge in [-0.15, -0.1) is 0 Å². The highest BCUT2D eigenvalue weighted by atomic mass is 16.5. The molecule has 2 saturated carbocycles. The molecule has 0 aromatic rings. The van der Waals surface area contributed by atoms with Crippen LogP contribution in [-0.4, -0.2) is 12.2 Å². The zero-order valence-electron chi connectivity index (χ0n) is 7.02. The van der Waals surface area contributed by atoms with Gasteiger partial charge in [0.1, 0.15) is 0 Å². The summed E-state index contributed by atoms with van der Waals surface area (Å²) in [7, 11) is 0. The van der Waals surface area contributed by atoms with E-state index in [1.54, 1.807) is 0 Å². The van der Waals surface area contributed by atoms with E-state index in [-0.39, 0.29) is 5.60 Å². The van der Waals surface area contributed by atoms with Crippen LogP contribution in [0, 0.1) is 11.3 Å². The average Bonchev–Trinajstić information content (AvgIpc) is 2.49. The van der Waals surface area contributed by atoms with Crippen molar-refractivity contribution in [1.82, 2.24) is 0 Å². The zero-order valence-corrected chi connectivity index (χ0v) is 7.02. The van der Waals surface area contributed by atoms with Crippen molar-refractivity contribution in [1.29, 1.82) is 0 Å². The molecule has 2 aliphatic carbocycles. The predicted molar refractivity (Wildman–Crippen MR) is 43.3 cm³/mol. The first kappa shape index (κ1) is 6.24. The minimum atomic E-state index is 0.259. The van der Waals surface area contributed by atoms with E-state index < -0.39 is 0 Å². The Morgan fingerprint density at radius 1 is 1.64 bits per heavy atom. The van der Waals surface area contributed by atoms with Crippen LogP contribution in [0.1, 0.15) is 26.2 Å². The molecule has 60 valence electrons. The third-order valence-electron chi connectivity index (χ3n) is 4.32. The molecule has 0 N–H and O–H groups in total. The first-order valence-corrected chi connectivity index (χ1v) is 4.51. The summed E-state index contributed by atoms with van der Waals surface area (Å²) in [4.78, 5) is 0. The van der Waals surface area contributed by atoms with Crippen molar-refractivity contribution >= 4 is 0 Å². The van der Waals surface area contributed by atoms with E-state index in [9.17, 15) is 0 Å². The minimum absolute atomic E-state index is 0.259. The van der Waals surface area contributed by atoms with Gasteiger partial charge >= 0.3 is 0 Å². The molecule has 1 heteroatoms. The number of hydrogen-bond acceptors (Lipinski definition) is 1. The predicted octanol–water partition coefficient (Wildman–Crippen LogP) is 2.13. The van der Waals surface area contributed by atoms with Crippen LogP contribution >= 0.6 is 0 Å². The molecule has 11 heavy (non-hydrogen) atoms. The fraction of sp³-hybridized carbons (Fsp3) is 0.800. The van der Waals surface area contributed by atoms with E-state index >= 15 is 0 Å². The third kappa shape index (κ3) is 0.427. The lowest BCUT2D eigenvalue weighted by atomic mass is 9.65. The molecule has 1 saturated heterocycles. The van der Waals surface area contributed by atoms with Gasteiger partial charge in [-0.1, -0.05) is 19.1 Å². The standard InChI is InChI=1S/C10H14O/c1-7-8-3-4-10(5-8)9(7,2)6-11-10/h8H,1,3-6H2,2H3. The van der Waals surface area contributed by atoms with E-state index in [1.807, 2.05) is 0 Å². The van der Waals surface area contributed by atoms with Gasteiger partial charge in [0.25, 0.3) is 0 Å². The van der Waals surface area contributed by atoms with E-state index in [0.29, 0.717) is 5.41 Å². The molecule has 3 fully saturated rings. The minimum Gasteiger partial charge on any atom is -0.373 e. The second kappa shape index (κ2) is 1.42. The van der Waals surface area contributed by atoms with Gasteiger partial charge in [0.05, 0.1) is 12.2 Å². The van der Waals surface area contributed by atoms with Crippen LogP contribution in [0.2, 0.25) is 0 Å². The Bertz CT molecular complexity index is 245. The topological polar surface area (TPSA) is 9.23 Å². The Morgan fingerprint density at radius 3 is 2.82 bits per heavy atom. The summed E-state index contributed by atoms with van der Waals surface area (Å²) >= 11 is 0. The van der Waals surface area contributed by atoms with Gasteiger partial charge in [0.15, 0.2) is 0 Å². The number of hydrogen-bond donors (Lipinski definition) is 0. The second-order valence-electron chi connectivity index (χ2n) is 4.58. The van der Waals surface area contributed by atoms with E-state index in [1.165, 1.54) is 24.8 Å². The molecule has 3 atom stereocenters. The highest BCUT2D eigenvalue weighted by Gasteiger charge is 2.68. The molecule has 1 aliphatic heterocycles. The van der Waals surface area contributed by atoms with Gasteiger partial charge in [0, 0.05) is 5.41 Å². The van der Waals surface area contributed by atoms with Gasteiger partial charge in [-0.2, -0.15) is 0 Å². The van der Waals surface area contributed by atoms with Crippen LogP contribution in [0.25, 0.3) is 0 Å². The first-order chi connectivity index (χ1) is 5.18. The van der Waals surface area contributed by atoms with Crippen LogP contribution in [0.15, 0.2) is 12.2 Å². The van der Waals surface area contributed by atoms with Gasteiger partial charge in [-0.3, -0.25) is 0 Å². The van der Waals surface area contributed by atoms with Crippen LogP contribution in [0.5, 0.6) is 0 Å². The molecule has 2 bridgehead atoms. The highest BCUT2D eigenvalue weighted by molar-refractivity contribution is 5.34. The van der Waals surface area contributed by atoms with Gasteiger partial charge in [-0.05, 0) is 25.2 Å². The molecule has 0 aromatic carbocycles. The van der Waals surface area contributed by atoms with E-state index in [0.717, 1.165) is 12.5 Å². The summed E-state index contributed by atoms with van der Waals surface area (Å²) in [5.74, 6) is 0.794. The average molecular weight is 150 g/mol. The maximum atomic E-state index is 5.75. The van der Waals surface area contributed by atoms with Crippen LogP contribution < -0.4 is 0 Å². The summed E-state index contributed by atoms with van der Waals surface area (Å²) in [6.45, 7) is 7.47. The van der Waals surface area contributed by atoms with Crippen molar-refractivity contribution in [3.05, 3.63) is 12.2 Å². The Labute approximate surface area is 67.4 Å². The Kier molecular flexibility index (Phi) is 0.809. The van der Waals surface area contributed by atoms with Crippen LogP contribution in [0.3, 0.4) is 0 Å². The summed E-state index contributed by atoms with van der Waals surface area (Å²) in [5, 5.41) is 0. The SMILES string of the molecule is C=C1C2CCC3(C2)OCC13C. The molecule has 1 heterocycles. The smallest absolute Gasteiger partial charge is 0.0801 e. The molecule has 3 aliphatic rings. The lowest BCUT2D eigenvalue weighted by Gasteiger charge is -2.54. The highest BCUT2D eigenvalue weighted by Crippen LogP contribution is 2.68. The first-order valence-electron chi connectivity index (χ1n) is 4.51. The summed E-state index contributed by atoms with van der Waals surface area (Å²) in [5.41, 5.74) is 2.11. The van der Waals surface area contributed by atoms with Crippen molar-refractivity contribution < 1.29 is 4.74 Å². The van der Waals surface area contributed by atoms with Crippen molar-refractivity contribution in [3.8, 4) is 0 Å². The number of rotatable bonds is 0. The fourth-order valence-corrected chi connectivity index (χ4v) is 3.27. The van der Waals surface area contributed by atoms with E-state index in [2.05, 4.69) is 13.5 Å². The lowest BCUT2D eigenvalue weighted by Crippen LogP contribution is -2.58. The Hall–Kier alpha value is -0.300. The monoisotopic (exact) mass is 150 g/mol. The molecule has 1 nitrogen and oxygen atoms in total. The number of ether oxygens (including phenoxy) is 1. The van der Waals surface area contributed by atoms with Gasteiger partial charge < -0.3 is 4.74 Å². The third-order valence-corrected chi connectivity index (χ3v) is 4.32. The van der Waals surface area contributed by atoms with Crippen molar-refractivity contribution in [2.75, 3.05) is 6.61 Å². The molecule has 0 aromatic heterocycles. The van der Waals surface area contributed by atoms with Crippen LogP contribution in [-0.2, 0) is 4.74 Å². The summed E-state index contributed by atoms with van der Waals surface area (Å²) in [6.07, 6.45) is 3.88. The zero-order chi connectivity index (χ0) is 7.69. The quantitative estimate of drug-likeness (QED) is 0.481. The van der Waals surface area contributed by atoms with Crippen molar-refractivity contribution in [3.63, 3.8) is 0 Å². The molecule has 3 unspecified atom stereocenters. The van der Waals surface area contributed by atoms with Crippen LogP contribution in [0.4, 0.5) is 0 Å². The molecule has 0 amide bonds. The van der Waals surface area contributed by atoms with Gasteiger partial charge in [0.2, 0.25) is 0 Å². The number of fused-ring (bicyclic) bond motifs is 1. The molecule has 0 radical (unpaired) electrons. The fourth-order valence-electron chi connectivity index (χ4n) is 3.27. The largest absolute Gasteiger partial charge is 0.373 e. The Morgan fingerprint density at radius 2 is 2.45 bits per heavy atom. The Balaban J connectivity index is 2.13. The second-order valence-corrected chi connectivity index (χ2v) is 4.58. The van der Waals surface area contributed by atoms with Gasteiger partial charge in [-0.25, -0.2) is 0 Å². The summed E-state index contributed by atoms with van der Waals surface area (Å²) < 4.78 is 5.75. The molecular formula is C10H14O. The molecule has 1 spiro atoms. The molecule has 3 rings (SSSR count). The normalized spacial score (nSPS) is 59.4. The lowest BCUT2D eigenvalue weighted by molar-refractivity contribution is -0.228. The maximum absolute atomic E-state index is 5.75. The maximum Gasteiger partial charge on any atom is 0.0801 e. The summed E-state index contributed by atoms with van der Waals surface area (Å²) in [6, 6.07) is 0. The van der Waals surface area contributed by atoms with E-state index in [4.69, 9.17) is 4.74 Å². The molecular weight excluding hydrogens is 136 g/mol. The van der Waals surface area contributed by atoms with Crippen molar-refractivity contribution in [2.24, 2.45) is 11.3 Å². The van der Waals surface area contributed by atoms with Crippen molar-refractivity contribution in [2.45, 2.75) is 31.8 Å².